The summed E-state index contributed by atoms with van der Waals surface area (Å²) in [4.78, 5) is 37.8. The Bertz CT molecular complexity index is 992. The molecule has 1 aliphatic heterocycles. The van der Waals surface area contributed by atoms with Crippen molar-refractivity contribution in [3.8, 4) is 0 Å². The summed E-state index contributed by atoms with van der Waals surface area (Å²) in [6, 6.07) is 0. The monoisotopic (exact) mass is 534 g/mol. The average molecular weight is 535 g/mol. The Morgan fingerprint density at radius 1 is 1.13 bits per heavy atom. The van der Waals surface area contributed by atoms with Crippen LogP contribution in [0.25, 0.3) is 0 Å². The minimum atomic E-state index is -1.75. The molecule has 0 unspecified atom stereocenters. The van der Waals surface area contributed by atoms with E-state index in [-0.39, 0.29) is 54.5 Å². The van der Waals surface area contributed by atoms with Crippen LogP contribution in [-0.4, -0.2) is 70.4 Å². The van der Waals surface area contributed by atoms with Gasteiger partial charge in [-0.25, -0.2) is 9.59 Å². The molecule has 3 rings (SSSR count). The number of cyclic esters (lactones) is 1. The van der Waals surface area contributed by atoms with E-state index in [0.717, 1.165) is 18.4 Å². The topological polar surface area (TPSA) is 151 Å². The highest BCUT2D eigenvalue weighted by Gasteiger charge is 2.54. The summed E-state index contributed by atoms with van der Waals surface area (Å²) in [5, 5.41) is 40.7. The van der Waals surface area contributed by atoms with Gasteiger partial charge in [-0.05, 0) is 66.8 Å². The molecule has 0 aromatic heterocycles. The Balaban J connectivity index is 1.84. The molecule has 9 heteroatoms. The first-order valence-corrected chi connectivity index (χ1v) is 13.5. The number of fused-ring (bicyclic) bond motifs is 1. The Labute approximate surface area is 224 Å². The molecular weight excluding hydrogens is 492 g/mol. The third-order valence-electron chi connectivity index (χ3n) is 8.58. The molecule has 0 amide bonds. The van der Waals surface area contributed by atoms with Crippen LogP contribution >= 0.6 is 0 Å². The second kappa shape index (κ2) is 12.6. The number of ether oxygens (including phenoxy) is 2. The summed E-state index contributed by atoms with van der Waals surface area (Å²) in [6.45, 7) is 6.66. The number of allylic oxidation sites excluding steroid dienone is 3. The Kier molecular flexibility index (Phi) is 9.95. The molecule has 0 aromatic carbocycles. The summed E-state index contributed by atoms with van der Waals surface area (Å²) in [5.41, 5.74) is -0.852. The number of esters is 2. The summed E-state index contributed by atoms with van der Waals surface area (Å²) < 4.78 is 10.7. The van der Waals surface area contributed by atoms with Gasteiger partial charge < -0.3 is 29.9 Å². The van der Waals surface area contributed by atoms with Gasteiger partial charge in [0.15, 0.2) is 0 Å². The van der Waals surface area contributed by atoms with Gasteiger partial charge in [0.2, 0.25) is 0 Å². The van der Waals surface area contributed by atoms with Crippen LogP contribution in [0.15, 0.2) is 34.9 Å². The first kappa shape index (κ1) is 30.1. The maximum Gasteiger partial charge on any atom is 0.336 e. The number of carbonyl (C=O) groups is 3. The molecule has 1 saturated carbocycles. The Morgan fingerprint density at radius 2 is 1.82 bits per heavy atom. The number of hydrogen-bond donors (Lipinski definition) is 4. The number of carbonyl (C=O) groups excluding carboxylic acids is 2. The molecule has 9 nitrogen and oxygen atoms in total. The van der Waals surface area contributed by atoms with E-state index in [1.807, 2.05) is 19.9 Å². The second-order valence-electron chi connectivity index (χ2n) is 11.6. The van der Waals surface area contributed by atoms with Crippen LogP contribution in [0.3, 0.4) is 0 Å². The molecule has 0 saturated heterocycles. The highest BCUT2D eigenvalue weighted by atomic mass is 16.6. The fourth-order valence-corrected chi connectivity index (χ4v) is 6.36. The van der Waals surface area contributed by atoms with Crippen LogP contribution in [-0.2, 0) is 23.9 Å². The van der Waals surface area contributed by atoms with Crippen molar-refractivity contribution in [2.45, 2.75) is 59.0 Å². The van der Waals surface area contributed by atoms with Gasteiger partial charge in [0.1, 0.15) is 18.8 Å². The quantitative estimate of drug-likeness (QED) is 0.199. The number of carboxylic acids is 1. The number of aliphatic hydroxyl groups excluding tert-OH is 2. The zero-order chi connectivity index (χ0) is 28.2. The molecule has 2 aliphatic carbocycles. The zero-order valence-corrected chi connectivity index (χ0v) is 22.8. The number of aliphatic hydroxyl groups is 3. The minimum Gasteiger partial charge on any atom is -0.478 e. The zero-order valence-electron chi connectivity index (χ0n) is 22.8. The van der Waals surface area contributed by atoms with Crippen molar-refractivity contribution in [2.24, 2.45) is 41.4 Å². The Hall–Kier alpha value is -2.49. The van der Waals surface area contributed by atoms with E-state index in [2.05, 4.69) is 13.8 Å². The Morgan fingerprint density at radius 3 is 2.39 bits per heavy atom. The highest BCUT2D eigenvalue weighted by Crippen LogP contribution is 2.47. The van der Waals surface area contributed by atoms with Crippen molar-refractivity contribution in [1.82, 2.24) is 0 Å². The van der Waals surface area contributed by atoms with E-state index in [1.54, 1.807) is 6.08 Å². The van der Waals surface area contributed by atoms with E-state index in [0.29, 0.717) is 12.3 Å². The van der Waals surface area contributed by atoms with Crippen molar-refractivity contribution in [2.75, 3.05) is 26.4 Å². The van der Waals surface area contributed by atoms with Gasteiger partial charge in [-0.1, -0.05) is 45.9 Å². The van der Waals surface area contributed by atoms with Crippen molar-refractivity contribution in [3.05, 3.63) is 34.9 Å². The summed E-state index contributed by atoms with van der Waals surface area (Å²) >= 11 is 0. The lowest BCUT2D eigenvalue weighted by Gasteiger charge is -2.46. The van der Waals surface area contributed by atoms with E-state index < -0.39 is 48.6 Å². The van der Waals surface area contributed by atoms with Gasteiger partial charge in [0, 0.05) is 0 Å². The van der Waals surface area contributed by atoms with Gasteiger partial charge in [0.25, 0.3) is 0 Å². The fraction of sp³-hybridized carbons (Fsp3) is 0.690. The molecule has 0 aromatic rings. The van der Waals surface area contributed by atoms with Crippen LogP contribution < -0.4 is 0 Å². The van der Waals surface area contributed by atoms with Gasteiger partial charge >= 0.3 is 17.9 Å². The number of carboxylic acid groups (broad SMARTS) is 1. The molecule has 38 heavy (non-hydrogen) atoms. The van der Waals surface area contributed by atoms with E-state index in [4.69, 9.17) is 9.47 Å². The maximum atomic E-state index is 13.0. The van der Waals surface area contributed by atoms with Crippen LogP contribution in [0.4, 0.5) is 0 Å². The average Bonchev–Trinajstić information content (AvgIpc) is 3.05. The number of aliphatic carboxylic acids is 1. The minimum absolute atomic E-state index is 0.0364. The van der Waals surface area contributed by atoms with Crippen LogP contribution in [0.2, 0.25) is 0 Å². The van der Waals surface area contributed by atoms with Crippen molar-refractivity contribution < 1.29 is 44.3 Å². The lowest BCUT2D eigenvalue weighted by molar-refractivity contribution is -0.181. The third kappa shape index (κ3) is 6.55. The SMILES string of the molecule is CC(C)[C@H]1CC[C@@](O)(COC(=O)/C(=C/[C@H]2C=C(CO)CC[C@@H]2C(C)C)CO)[C@H]2C(=O)OCC(C(=O)O)=C[C@H]12. The summed E-state index contributed by atoms with van der Waals surface area (Å²) in [5.74, 6) is -3.91. The lowest BCUT2D eigenvalue weighted by Crippen LogP contribution is -2.55. The van der Waals surface area contributed by atoms with E-state index in [9.17, 15) is 34.8 Å². The van der Waals surface area contributed by atoms with Crippen molar-refractivity contribution in [1.29, 1.82) is 0 Å². The molecule has 0 radical (unpaired) electrons. The van der Waals surface area contributed by atoms with Crippen molar-refractivity contribution in [3.63, 3.8) is 0 Å². The third-order valence-corrected chi connectivity index (χ3v) is 8.58. The molecule has 0 spiro atoms. The van der Waals surface area contributed by atoms with E-state index >= 15 is 0 Å². The first-order valence-electron chi connectivity index (χ1n) is 13.5. The smallest absolute Gasteiger partial charge is 0.336 e. The normalized spacial score (nSPS) is 32.2. The highest BCUT2D eigenvalue weighted by molar-refractivity contribution is 5.89. The molecule has 4 N–H and O–H groups in total. The van der Waals surface area contributed by atoms with E-state index in [1.165, 1.54) is 6.08 Å². The fourth-order valence-electron chi connectivity index (χ4n) is 6.36. The van der Waals surface area contributed by atoms with Crippen LogP contribution in [0.5, 0.6) is 0 Å². The second-order valence-corrected chi connectivity index (χ2v) is 11.6. The maximum absolute atomic E-state index is 13.0. The molecule has 1 heterocycles. The number of hydrogen-bond acceptors (Lipinski definition) is 8. The summed E-state index contributed by atoms with van der Waals surface area (Å²) in [7, 11) is 0. The molecule has 212 valence electrons. The lowest BCUT2D eigenvalue weighted by atomic mass is 9.61. The first-order chi connectivity index (χ1) is 17.9. The van der Waals surface area contributed by atoms with Crippen LogP contribution in [0.1, 0.15) is 53.4 Å². The van der Waals surface area contributed by atoms with Crippen molar-refractivity contribution >= 4 is 17.9 Å². The van der Waals surface area contributed by atoms with Crippen LogP contribution in [0, 0.1) is 41.4 Å². The van der Waals surface area contributed by atoms with Gasteiger partial charge in [-0.2, -0.15) is 0 Å². The molecular formula is C29H42O9. The molecule has 6 atom stereocenters. The standard InChI is InChI=1S/C29H42O9/c1-16(2)22-6-5-18(12-30)9-19(22)10-20(13-31)27(34)38-15-29(36)8-7-23(17(3)4)24-11-21(26(32)33)14-37-28(35)25(24)29/h9-11,16-17,19,22-25,30-31,36H,5-8,12-15H2,1-4H3,(H,32,33)/b20-10+/t19-,22-,23-,24-,25-,29-/m1/s1. The molecule has 1 fully saturated rings. The number of rotatable bonds is 9. The van der Waals surface area contributed by atoms with Gasteiger partial charge in [-0.3, -0.25) is 4.79 Å². The predicted octanol–water partition coefficient (Wildman–Crippen LogP) is 2.65. The van der Waals surface area contributed by atoms with Gasteiger partial charge in [0.05, 0.1) is 30.3 Å². The predicted molar refractivity (Wildman–Crippen MR) is 139 cm³/mol. The summed E-state index contributed by atoms with van der Waals surface area (Å²) in [6.07, 6.45) is 7.46. The largest absolute Gasteiger partial charge is 0.478 e. The molecule has 3 aliphatic rings. The molecule has 0 bridgehead atoms. The van der Waals surface area contributed by atoms with Gasteiger partial charge in [-0.15, -0.1) is 0 Å².